The molecule has 160 valence electrons. The van der Waals surface area contributed by atoms with Gasteiger partial charge in [-0.3, -0.25) is 10.1 Å². The topological polar surface area (TPSA) is 98.1 Å². The summed E-state index contributed by atoms with van der Waals surface area (Å²) in [4.78, 5) is 24.2. The zero-order chi connectivity index (χ0) is 21.3. The maximum Gasteiger partial charge on any atom is 0.325 e. The lowest BCUT2D eigenvalue weighted by Gasteiger charge is -2.21. The molecule has 9 heteroatoms. The van der Waals surface area contributed by atoms with E-state index in [-0.39, 0.29) is 5.75 Å². The first-order chi connectivity index (χ1) is 14.6. The smallest absolute Gasteiger partial charge is 0.325 e. The molecule has 0 spiro atoms. The van der Waals surface area contributed by atoms with Gasteiger partial charge >= 0.3 is 6.03 Å². The van der Waals surface area contributed by atoms with E-state index in [1.807, 2.05) is 10.6 Å². The molecule has 2 aromatic rings. The highest BCUT2D eigenvalue weighted by atomic mass is 32.2. The number of hydrogen-bond acceptors (Lipinski definition) is 6. The van der Waals surface area contributed by atoms with Crippen molar-refractivity contribution in [3.8, 4) is 5.75 Å². The number of aromatic nitrogens is 3. The van der Waals surface area contributed by atoms with Gasteiger partial charge in [0.05, 0.1) is 12.9 Å². The number of carbonyl (C=O) groups excluding carboxylic acids is 2. The second kappa shape index (κ2) is 10.8. The van der Waals surface area contributed by atoms with Gasteiger partial charge in [0.1, 0.15) is 11.6 Å². The maximum absolute atomic E-state index is 12.2. The summed E-state index contributed by atoms with van der Waals surface area (Å²) in [5.74, 6) is 1.72. The van der Waals surface area contributed by atoms with Gasteiger partial charge in [-0.1, -0.05) is 37.1 Å². The molecule has 0 radical (unpaired) electrons. The molecule has 30 heavy (non-hydrogen) atoms. The van der Waals surface area contributed by atoms with Gasteiger partial charge in [-0.2, -0.15) is 0 Å². The Hall–Kier alpha value is -2.81. The fourth-order valence-corrected chi connectivity index (χ4v) is 4.25. The van der Waals surface area contributed by atoms with E-state index in [1.54, 1.807) is 31.4 Å². The fraction of sp³-hybridized carbons (Fsp3) is 0.429. The monoisotopic (exact) mass is 429 g/mol. The number of carbonyl (C=O) groups is 2. The van der Waals surface area contributed by atoms with E-state index in [2.05, 4.69) is 27.4 Å². The molecule has 0 aliphatic heterocycles. The number of urea groups is 1. The first-order valence-electron chi connectivity index (χ1n) is 10.0. The van der Waals surface area contributed by atoms with Crippen LogP contribution in [0.1, 0.15) is 43.8 Å². The third-order valence-corrected chi connectivity index (χ3v) is 5.93. The second-order valence-corrected chi connectivity index (χ2v) is 8.04. The minimum atomic E-state index is -0.582. The summed E-state index contributed by atoms with van der Waals surface area (Å²) >= 11 is 1.27. The lowest BCUT2D eigenvalue weighted by atomic mass is 9.89. The number of nitrogens with zero attached hydrogens (tertiary/aromatic N) is 3. The molecule has 0 bridgehead atoms. The fourth-order valence-electron chi connectivity index (χ4n) is 3.50. The van der Waals surface area contributed by atoms with Crippen molar-refractivity contribution in [3.63, 3.8) is 0 Å². The van der Waals surface area contributed by atoms with Crippen LogP contribution in [0.5, 0.6) is 5.75 Å². The maximum atomic E-state index is 12.2. The van der Waals surface area contributed by atoms with Crippen LogP contribution in [0, 0.1) is 0 Å². The summed E-state index contributed by atoms with van der Waals surface area (Å²) in [7, 11) is 1.57. The van der Waals surface area contributed by atoms with E-state index in [0.29, 0.717) is 29.1 Å². The van der Waals surface area contributed by atoms with Gasteiger partial charge in [-0.25, -0.2) is 4.79 Å². The van der Waals surface area contributed by atoms with Crippen LogP contribution in [-0.2, 0) is 11.3 Å². The predicted molar refractivity (Wildman–Crippen MR) is 117 cm³/mol. The minimum Gasteiger partial charge on any atom is -0.497 e. The third-order valence-electron chi connectivity index (χ3n) is 4.96. The molecule has 1 fully saturated rings. The molecule has 1 aliphatic rings. The molecule has 0 unspecified atom stereocenters. The van der Waals surface area contributed by atoms with Gasteiger partial charge in [0.2, 0.25) is 5.91 Å². The van der Waals surface area contributed by atoms with Crippen molar-refractivity contribution < 1.29 is 14.3 Å². The van der Waals surface area contributed by atoms with Crippen molar-refractivity contribution >= 4 is 29.4 Å². The van der Waals surface area contributed by atoms with Crippen LogP contribution in [0.3, 0.4) is 0 Å². The molecule has 1 aromatic heterocycles. The highest BCUT2D eigenvalue weighted by Crippen LogP contribution is 2.33. The Balaban J connectivity index is 1.53. The van der Waals surface area contributed by atoms with Gasteiger partial charge in [-0.15, -0.1) is 16.8 Å². The van der Waals surface area contributed by atoms with E-state index >= 15 is 0 Å². The molecule has 3 amide bonds. The number of nitrogens with one attached hydrogen (secondary N) is 2. The second-order valence-electron chi connectivity index (χ2n) is 7.09. The van der Waals surface area contributed by atoms with E-state index < -0.39 is 11.9 Å². The molecule has 3 rings (SSSR count). The summed E-state index contributed by atoms with van der Waals surface area (Å²) in [5, 5.41) is 14.3. The number of anilines is 1. The highest BCUT2D eigenvalue weighted by molar-refractivity contribution is 7.99. The molecule has 1 aliphatic carbocycles. The number of imide groups is 1. The van der Waals surface area contributed by atoms with Crippen LogP contribution in [0.2, 0.25) is 0 Å². The van der Waals surface area contributed by atoms with Gasteiger partial charge in [0.15, 0.2) is 5.16 Å². The Morgan fingerprint density at radius 3 is 2.63 bits per heavy atom. The van der Waals surface area contributed by atoms with Crippen LogP contribution < -0.4 is 15.4 Å². The molecule has 8 nitrogen and oxygen atoms in total. The molecule has 0 saturated heterocycles. The SMILES string of the molecule is C=CCn1c(SCC(=O)NC(=O)Nc2ccc(OC)cc2)nnc1C1CCCCC1. The number of benzene rings is 1. The van der Waals surface area contributed by atoms with Crippen molar-refractivity contribution in [1.82, 2.24) is 20.1 Å². The third kappa shape index (κ3) is 5.85. The summed E-state index contributed by atoms with van der Waals surface area (Å²) in [6.07, 6.45) is 7.73. The van der Waals surface area contributed by atoms with Crippen molar-refractivity contribution in [3.05, 3.63) is 42.7 Å². The quantitative estimate of drug-likeness (QED) is 0.487. The first kappa shape index (κ1) is 21.9. The number of hydrogen-bond donors (Lipinski definition) is 2. The summed E-state index contributed by atoms with van der Waals surface area (Å²) in [6, 6.07) is 6.26. The van der Waals surface area contributed by atoms with E-state index in [4.69, 9.17) is 4.74 Å². The van der Waals surface area contributed by atoms with Crippen molar-refractivity contribution in [2.75, 3.05) is 18.2 Å². The van der Waals surface area contributed by atoms with Gasteiger partial charge in [-0.05, 0) is 37.1 Å². The molecular weight excluding hydrogens is 402 g/mol. The van der Waals surface area contributed by atoms with E-state index in [0.717, 1.165) is 18.7 Å². The molecule has 0 atom stereocenters. The Labute approximate surface area is 180 Å². The first-order valence-corrected chi connectivity index (χ1v) is 11.0. The highest BCUT2D eigenvalue weighted by Gasteiger charge is 2.23. The Bertz CT molecular complexity index is 875. The molecular formula is C21H27N5O3S. The van der Waals surface area contributed by atoms with Crippen LogP contribution >= 0.6 is 11.8 Å². The lowest BCUT2D eigenvalue weighted by Crippen LogP contribution is -2.35. The number of ether oxygens (including phenoxy) is 1. The number of rotatable bonds is 8. The molecule has 2 N–H and O–H groups in total. The van der Waals surface area contributed by atoms with Gasteiger partial charge < -0.3 is 14.6 Å². The number of allylic oxidation sites excluding steroid dienone is 1. The van der Waals surface area contributed by atoms with Crippen LogP contribution in [0.25, 0.3) is 0 Å². The zero-order valence-electron chi connectivity index (χ0n) is 17.1. The van der Waals surface area contributed by atoms with E-state index in [1.165, 1.54) is 31.0 Å². The molecule has 1 aromatic carbocycles. The summed E-state index contributed by atoms with van der Waals surface area (Å²) in [6.45, 7) is 4.42. The van der Waals surface area contributed by atoms with Gasteiger partial charge in [0.25, 0.3) is 0 Å². The van der Waals surface area contributed by atoms with Crippen LogP contribution in [0.4, 0.5) is 10.5 Å². The molecule has 1 saturated carbocycles. The number of thioether (sulfide) groups is 1. The van der Waals surface area contributed by atoms with E-state index in [9.17, 15) is 9.59 Å². The molecule has 1 heterocycles. The standard InChI is InChI=1S/C21H27N5O3S/c1-3-13-26-19(15-7-5-4-6-8-15)24-25-21(26)30-14-18(27)23-20(28)22-16-9-11-17(29-2)12-10-16/h3,9-12,15H,1,4-8,13-14H2,2H3,(H2,22,23,27,28). The average molecular weight is 430 g/mol. The normalized spacial score (nSPS) is 14.2. The van der Waals surface area contributed by atoms with Crippen molar-refractivity contribution in [2.24, 2.45) is 0 Å². The summed E-state index contributed by atoms with van der Waals surface area (Å²) in [5.41, 5.74) is 0.566. The minimum absolute atomic E-state index is 0.0655. The number of amides is 3. The Kier molecular flexibility index (Phi) is 7.89. The van der Waals surface area contributed by atoms with Crippen LogP contribution in [-0.4, -0.2) is 39.6 Å². The van der Waals surface area contributed by atoms with Crippen molar-refractivity contribution in [1.29, 1.82) is 0 Å². The van der Waals surface area contributed by atoms with Gasteiger partial charge in [0, 0.05) is 18.2 Å². The lowest BCUT2D eigenvalue weighted by molar-refractivity contribution is -0.117. The zero-order valence-corrected chi connectivity index (χ0v) is 17.9. The predicted octanol–water partition coefficient (Wildman–Crippen LogP) is 3.96. The Morgan fingerprint density at radius 2 is 1.97 bits per heavy atom. The summed E-state index contributed by atoms with van der Waals surface area (Å²) < 4.78 is 7.10. The van der Waals surface area contributed by atoms with Crippen LogP contribution in [0.15, 0.2) is 42.1 Å². The Morgan fingerprint density at radius 1 is 1.23 bits per heavy atom. The average Bonchev–Trinajstić information content (AvgIpc) is 3.16. The largest absolute Gasteiger partial charge is 0.497 e. The number of methoxy groups -OCH3 is 1. The van der Waals surface area contributed by atoms with Crippen molar-refractivity contribution in [2.45, 2.75) is 49.7 Å².